The Morgan fingerprint density at radius 2 is 2.18 bits per heavy atom. The summed E-state index contributed by atoms with van der Waals surface area (Å²) in [6.45, 7) is 7.81. The van der Waals surface area contributed by atoms with E-state index in [-0.39, 0.29) is 0 Å². The minimum absolute atomic E-state index is 0.427. The van der Waals surface area contributed by atoms with Gasteiger partial charge in [-0.2, -0.15) is 0 Å². The molecule has 1 fully saturated rings. The molecule has 0 unspecified atom stereocenters. The SMILES string of the molecule is CNCc1cc(Cl)ccc1N1CCC(C)(C)C1. The fourth-order valence-corrected chi connectivity index (χ4v) is 2.71. The maximum atomic E-state index is 6.07. The number of nitrogens with zero attached hydrogens (tertiary/aromatic N) is 1. The fourth-order valence-electron chi connectivity index (χ4n) is 2.51. The molecule has 0 amide bonds. The van der Waals surface area contributed by atoms with Crippen molar-refractivity contribution < 1.29 is 0 Å². The molecule has 0 radical (unpaired) electrons. The van der Waals surface area contributed by atoms with Gasteiger partial charge in [-0.3, -0.25) is 0 Å². The van der Waals surface area contributed by atoms with Crippen molar-refractivity contribution in [1.82, 2.24) is 5.32 Å². The summed E-state index contributed by atoms with van der Waals surface area (Å²) >= 11 is 6.07. The molecule has 0 spiro atoms. The zero-order valence-corrected chi connectivity index (χ0v) is 11.6. The molecule has 2 rings (SSSR count). The maximum absolute atomic E-state index is 6.07. The van der Waals surface area contributed by atoms with E-state index in [1.165, 1.54) is 17.7 Å². The van der Waals surface area contributed by atoms with Crippen LogP contribution in [-0.4, -0.2) is 20.1 Å². The van der Waals surface area contributed by atoms with Gasteiger partial charge in [0.2, 0.25) is 0 Å². The summed E-state index contributed by atoms with van der Waals surface area (Å²) in [6.07, 6.45) is 1.26. The van der Waals surface area contributed by atoms with Gasteiger partial charge < -0.3 is 10.2 Å². The predicted octanol–water partition coefficient (Wildman–Crippen LogP) is 3.30. The molecule has 0 aliphatic carbocycles. The molecule has 1 N–H and O–H groups in total. The molecule has 1 aromatic carbocycles. The van der Waals surface area contributed by atoms with E-state index in [0.29, 0.717) is 5.41 Å². The van der Waals surface area contributed by atoms with Crippen LogP contribution in [0.1, 0.15) is 25.8 Å². The third kappa shape index (κ3) is 2.93. The van der Waals surface area contributed by atoms with Gasteiger partial charge in [0.05, 0.1) is 0 Å². The Labute approximate surface area is 109 Å². The third-order valence-corrected chi connectivity index (χ3v) is 3.66. The van der Waals surface area contributed by atoms with Gasteiger partial charge in [-0.05, 0) is 42.6 Å². The molecule has 0 saturated carbocycles. The van der Waals surface area contributed by atoms with E-state index in [1.54, 1.807) is 0 Å². The topological polar surface area (TPSA) is 15.3 Å². The minimum atomic E-state index is 0.427. The molecule has 0 atom stereocenters. The number of hydrogen-bond acceptors (Lipinski definition) is 2. The standard InChI is InChI=1S/C14H21ClN2/c1-14(2)6-7-17(10-14)13-5-4-12(15)8-11(13)9-16-3/h4-5,8,16H,6-7,9-10H2,1-3H3. The molecule has 3 heteroatoms. The lowest BCUT2D eigenvalue weighted by Gasteiger charge is -2.24. The molecular formula is C14H21ClN2. The van der Waals surface area contributed by atoms with Crippen LogP contribution < -0.4 is 10.2 Å². The van der Waals surface area contributed by atoms with E-state index >= 15 is 0 Å². The first-order chi connectivity index (χ1) is 8.02. The van der Waals surface area contributed by atoms with E-state index in [4.69, 9.17) is 11.6 Å². The molecule has 2 nitrogen and oxygen atoms in total. The smallest absolute Gasteiger partial charge is 0.0413 e. The van der Waals surface area contributed by atoms with Gasteiger partial charge in [0.1, 0.15) is 0 Å². The Kier molecular flexibility index (Phi) is 3.64. The first-order valence-electron chi connectivity index (χ1n) is 6.20. The second-order valence-corrected chi connectivity index (χ2v) is 6.08. The van der Waals surface area contributed by atoms with Gasteiger partial charge in [-0.1, -0.05) is 25.4 Å². The van der Waals surface area contributed by atoms with E-state index < -0.39 is 0 Å². The Hall–Kier alpha value is -0.730. The lowest BCUT2D eigenvalue weighted by atomic mass is 9.93. The van der Waals surface area contributed by atoms with Crippen LogP contribution in [0.2, 0.25) is 5.02 Å². The van der Waals surface area contributed by atoms with E-state index in [1.807, 2.05) is 13.1 Å². The molecular weight excluding hydrogens is 232 g/mol. The highest BCUT2D eigenvalue weighted by atomic mass is 35.5. The van der Waals surface area contributed by atoms with Crippen LogP contribution in [0.4, 0.5) is 5.69 Å². The first-order valence-corrected chi connectivity index (χ1v) is 6.58. The minimum Gasteiger partial charge on any atom is -0.371 e. The van der Waals surface area contributed by atoms with Gasteiger partial charge in [0.15, 0.2) is 0 Å². The van der Waals surface area contributed by atoms with Crippen LogP contribution in [0.25, 0.3) is 0 Å². The number of benzene rings is 1. The van der Waals surface area contributed by atoms with Crippen LogP contribution in [0.3, 0.4) is 0 Å². The zero-order chi connectivity index (χ0) is 12.5. The summed E-state index contributed by atoms with van der Waals surface area (Å²) in [6, 6.07) is 6.20. The second-order valence-electron chi connectivity index (χ2n) is 5.64. The fraction of sp³-hybridized carbons (Fsp3) is 0.571. The third-order valence-electron chi connectivity index (χ3n) is 3.43. The van der Waals surface area contributed by atoms with Gasteiger partial charge in [-0.25, -0.2) is 0 Å². The largest absolute Gasteiger partial charge is 0.371 e. The Balaban J connectivity index is 2.26. The van der Waals surface area contributed by atoms with Crippen LogP contribution >= 0.6 is 11.6 Å². The number of hydrogen-bond donors (Lipinski definition) is 1. The van der Waals surface area contributed by atoms with Crippen molar-refractivity contribution in [3.05, 3.63) is 28.8 Å². The zero-order valence-electron chi connectivity index (χ0n) is 10.9. The molecule has 1 heterocycles. The van der Waals surface area contributed by atoms with Crippen molar-refractivity contribution in [3.63, 3.8) is 0 Å². The van der Waals surface area contributed by atoms with Gasteiger partial charge >= 0.3 is 0 Å². The average Bonchev–Trinajstić information content (AvgIpc) is 2.59. The lowest BCUT2D eigenvalue weighted by Crippen LogP contribution is -2.24. The summed E-state index contributed by atoms with van der Waals surface area (Å²) in [5, 5.41) is 4.03. The van der Waals surface area contributed by atoms with Crippen molar-refractivity contribution in [2.24, 2.45) is 5.41 Å². The maximum Gasteiger partial charge on any atom is 0.0413 e. The normalized spacial score (nSPS) is 18.7. The first kappa shape index (κ1) is 12.7. The second kappa shape index (κ2) is 4.87. The molecule has 1 aliphatic heterocycles. The summed E-state index contributed by atoms with van der Waals surface area (Å²) in [7, 11) is 1.97. The number of halogens is 1. The highest BCUT2D eigenvalue weighted by Crippen LogP contribution is 2.34. The van der Waals surface area contributed by atoms with Crippen molar-refractivity contribution in [1.29, 1.82) is 0 Å². The Morgan fingerprint density at radius 1 is 1.41 bits per heavy atom. The van der Waals surface area contributed by atoms with Crippen LogP contribution in [0.15, 0.2) is 18.2 Å². The number of rotatable bonds is 3. The highest BCUT2D eigenvalue weighted by molar-refractivity contribution is 6.30. The van der Waals surface area contributed by atoms with Crippen molar-refractivity contribution in [2.45, 2.75) is 26.8 Å². The van der Waals surface area contributed by atoms with Crippen LogP contribution in [0, 0.1) is 5.41 Å². The van der Waals surface area contributed by atoms with E-state index in [2.05, 4.69) is 36.2 Å². The van der Waals surface area contributed by atoms with Gasteiger partial charge in [-0.15, -0.1) is 0 Å². The molecule has 1 aromatic rings. The molecule has 1 aliphatic rings. The summed E-state index contributed by atoms with van der Waals surface area (Å²) in [4.78, 5) is 2.48. The van der Waals surface area contributed by atoms with Crippen molar-refractivity contribution in [2.75, 3.05) is 25.0 Å². The molecule has 0 aromatic heterocycles. The van der Waals surface area contributed by atoms with Gasteiger partial charge in [0.25, 0.3) is 0 Å². The molecule has 94 valence electrons. The van der Waals surface area contributed by atoms with Crippen LogP contribution in [-0.2, 0) is 6.54 Å². The van der Waals surface area contributed by atoms with Gasteiger partial charge in [0, 0.05) is 30.3 Å². The Morgan fingerprint density at radius 3 is 2.76 bits per heavy atom. The number of nitrogens with one attached hydrogen (secondary N) is 1. The van der Waals surface area contributed by atoms with Crippen molar-refractivity contribution in [3.8, 4) is 0 Å². The molecule has 0 bridgehead atoms. The quantitative estimate of drug-likeness (QED) is 0.888. The summed E-state index contributed by atoms with van der Waals surface area (Å²) in [5.41, 5.74) is 3.04. The predicted molar refractivity (Wildman–Crippen MR) is 74.8 cm³/mol. The highest BCUT2D eigenvalue weighted by Gasteiger charge is 2.30. The van der Waals surface area contributed by atoms with Crippen molar-refractivity contribution >= 4 is 17.3 Å². The Bertz CT molecular complexity index is 401. The number of anilines is 1. The molecule has 17 heavy (non-hydrogen) atoms. The molecule has 1 saturated heterocycles. The lowest BCUT2D eigenvalue weighted by molar-refractivity contribution is 0.418. The summed E-state index contributed by atoms with van der Waals surface area (Å²) < 4.78 is 0. The monoisotopic (exact) mass is 252 g/mol. The van der Waals surface area contributed by atoms with Crippen LogP contribution in [0.5, 0.6) is 0 Å². The van der Waals surface area contributed by atoms with E-state index in [9.17, 15) is 0 Å². The van der Waals surface area contributed by atoms with E-state index in [0.717, 1.165) is 24.7 Å². The summed E-state index contributed by atoms with van der Waals surface area (Å²) in [5.74, 6) is 0. The average molecular weight is 253 g/mol.